The molecule has 15 heavy (non-hydrogen) atoms. The Kier molecular flexibility index (Phi) is 3.41. The number of benzene rings is 1. The first-order valence-electron chi connectivity index (χ1n) is 4.23. The Morgan fingerprint density at radius 1 is 1.47 bits per heavy atom. The van der Waals surface area contributed by atoms with Crippen LogP contribution in [0.4, 0.5) is 4.79 Å². The van der Waals surface area contributed by atoms with Crippen molar-refractivity contribution in [2.75, 3.05) is 0 Å². The second kappa shape index (κ2) is 4.77. The van der Waals surface area contributed by atoms with Crippen molar-refractivity contribution in [2.24, 2.45) is 10.8 Å². The van der Waals surface area contributed by atoms with Crippen molar-refractivity contribution in [3.63, 3.8) is 0 Å². The highest BCUT2D eigenvalue weighted by molar-refractivity contribution is 5.99. The minimum absolute atomic E-state index is 0.578. The lowest BCUT2D eigenvalue weighted by atomic mass is 10.1. The maximum Gasteiger partial charge on any atom is 0.332 e. The molecule has 1 aromatic rings. The van der Waals surface area contributed by atoms with E-state index in [1.807, 2.05) is 6.07 Å². The average molecular weight is 202 g/mol. The molecule has 0 aliphatic heterocycles. The first-order chi connectivity index (χ1) is 7.13. The summed E-state index contributed by atoms with van der Waals surface area (Å²) >= 11 is 0. The predicted molar refractivity (Wildman–Crippen MR) is 56.1 cm³/mol. The zero-order chi connectivity index (χ0) is 11.3. The van der Waals surface area contributed by atoms with Crippen molar-refractivity contribution in [2.45, 2.75) is 6.92 Å². The Morgan fingerprint density at radius 3 is 2.53 bits per heavy atom. The van der Waals surface area contributed by atoms with Crippen LogP contribution in [-0.4, -0.2) is 11.7 Å². The van der Waals surface area contributed by atoms with Gasteiger partial charge in [-0.15, -0.1) is 0 Å². The van der Waals surface area contributed by atoms with Crippen LogP contribution in [-0.2, 0) is 0 Å². The van der Waals surface area contributed by atoms with Gasteiger partial charge in [-0.1, -0.05) is 12.1 Å². The maximum atomic E-state index is 10.4. The van der Waals surface area contributed by atoms with Crippen molar-refractivity contribution in [3.8, 4) is 6.07 Å². The van der Waals surface area contributed by atoms with Gasteiger partial charge in [-0.25, -0.2) is 10.2 Å². The van der Waals surface area contributed by atoms with Crippen molar-refractivity contribution in [1.29, 1.82) is 5.26 Å². The van der Waals surface area contributed by atoms with E-state index < -0.39 is 6.03 Å². The number of urea groups is 1. The molecule has 1 rings (SSSR count). The molecule has 0 saturated carbocycles. The third-order valence-electron chi connectivity index (χ3n) is 1.77. The molecule has 0 spiro atoms. The van der Waals surface area contributed by atoms with E-state index in [1.54, 1.807) is 31.2 Å². The number of nitrogens with two attached hydrogens (primary N) is 1. The van der Waals surface area contributed by atoms with Crippen molar-refractivity contribution >= 4 is 11.7 Å². The Hall–Kier alpha value is -2.35. The number of nitrogens with one attached hydrogen (secondary N) is 1. The fourth-order valence-electron chi connectivity index (χ4n) is 0.989. The first kappa shape index (κ1) is 10.7. The van der Waals surface area contributed by atoms with Crippen molar-refractivity contribution < 1.29 is 4.79 Å². The van der Waals surface area contributed by atoms with Gasteiger partial charge >= 0.3 is 6.03 Å². The molecule has 0 aromatic heterocycles. The first-order valence-corrected chi connectivity index (χ1v) is 4.23. The molecule has 0 radical (unpaired) electrons. The third kappa shape index (κ3) is 3.12. The monoisotopic (exact) mass is 202 g/mol. The molecular weight excluding hydrogens is 192 g/mol. The number of primary amides is 1. The van der Waals surface area contributed by atoms with Crippen LogP contribution >= 0.6 is 0 Å². The highest BCUT2D eigenvalue weighted by atomic mass is 16.2. The molecule has 1 aromatic carbocycles. The minimum atomic E-state index is -0.706. The molecule has 5 nitrogen and oxygen atoms in total. The van der Waals surface area contributed by atoms with E-state index >= 15 is 0 Å². The lowest BCUT2D eigenvalue weighted by Gasteiger charge is -2.00. The smallest absolute Gasteiger partial charge is 0.332 e. The number of hydrogen-bond acceptors (Lipinski definition) is 3. The average Bonchev–Trinajstić information content (AvgIpc) is 2.26. The molecule has 0 saturated heterocycles. The van der Waals surface area contributed by atoms with E-state index in [0.29, 0.717) is 11.3 Å². The van der Waals surface area contributed by atoms with Gasteiger partial charge in [-0.3, -0.25) is 0 Å². The Balaban J connectivity index is 2.83. The summed E-state index contributed by atoms with van der Waals surface area (Å²) in [5.74, 6) is 0. The Morgan fingerprint density at radius 2 is 2.07 bits per heavy atom. The number of hydrazone groups is 1. The number of amides is 2. The predicted octanol–water partition coefficient (Wildman–Crippen LogP) is 0.951. The Labute approximate surface area is 87.2 Å². The van der Waals surface area contributed by atoms with Gasteiger partial charge in [0.1, 0.15) is 0 Å². The molecule has 0 bridgehead atoms. The van der Waals surface area contributed by atoms with E-state index in [4.69, 9.17) is 11.0 Å². The number of rotatable bonds is 2. The fourth-order valence-corrected chi connectivity index (χ4v) is 0.989. The molecule has 0 aliphatic rings. The third-order valence-corrected chi connectivity index (χ3v) is 1.77. The summed E-state index contributed by atoms with van der Waals surface area (Å²) in [6, 6.07) is 8.17. The standard InChI is InChI=1S/C10H10N4O/c1-7(13-14-10(12)15)9-4-2-8(6-11)3-5-9/h2-5H,1H3,(H3,12,14,15). The lowest BCUT2D eigenvalue weighted by molar-refractivity contribution is 0.249. The molecule has 5 heteroatoms. The van der Waals surface area contributed by atoms with Crippen LogP contribution in [0.25, 0.3) is 0 Å². The molecule has 0 heterocycles. The lowest BCUT2D eigenvalue weighted by Crippen LogP contribution is -2.25. The molecule has 0 fully saturated rings. The summed E-state index contributed by atoms with van der Waals surface area (Å²) in [5.41, 5.74) is 9.02. The quantitative estimate of drug-likeness (QED) is 0.552. The molecule has 76 valence electrons. The number of nitrogens with zero attached hydrogens (tertiary/aromatic N) is 2. The SMILES string of the molecule is CC(=NNC(N)=O)c1ccc(C#N)cc1. The number of carbonyl (C=O) groups excluding carboxylic acids is 1. The molecule has 3 N–H and O–H groups in total. The summed E-state index contributed by atoms with van der Waals surface area (Å²) in [4.78, 5) is 10.4. The highest BCUT2D eigenvalue weighted by Gasteiger charge is 1.98. The largest absolute Gasteiger partial charge is 0.350 e. The second-order valence-corrected chi connectivity index (χ2v) is 2.86. The summed E-state index contributed by atoms with van der Waals surface area (Å²) in [6.07, 6.45) is 0. The highest BCUT2D eigenvalue weighted by Crippen LogP contribution is 2.04. The zero-order valence-corrected chi connectivity index (χ0v) is 8.19. The molecule has 0 aliphatic carbocycles. The second-order valence-electron chi connectivity index (χ2n) is 2.86. The van der Waals surface area contributed by atoms with Gasteiger partial charge in [0.15, 0.2) is 0 Å². The molecular formula is C10H10N4O. The maximum absolute atomic E-state index is 10.4. The van der Waals surface area contributed by atoms with E-state index in [1.165, 1.54) is 0 Å². The zero-order valence-electron chi connectivity index (χ0n) is 8.19. The summed E-state index contributed by atoms with van der Waals surface area (Å²) in [7, 11) is 0. The van der Waals surface area contributed by atoms with Crippen LogP contribution in [0.2, 0.25) is 0 Å². The van der Waals surface area contributed by atoms with Crippen LogP contribution in [0.5, 0.6) is 0 Å². The van der Waals surface area contributed by atoms with Crippen LogP contribution < -0.4 is 11.2 Å². The van der Waals surface area contributed by atoms with Gasteiger partial charge in [-0.05, 0) is 24.6 Å². The normalized spacial score (nSPS) is 10.5. The summed E-state index contributed by atoms with van der Waals surface area (Å²) < 4.78 is 0. The topological polar surface area (TPSA) is 91.3 Å². The number of hydrogen-bond donors (Lipinski definition) is 2. The fraction of sp³-hybridized carbons (Fsp3) is 0.100. The van der Waals surface area contributed by atoms with E-state index in [0.717, 1.165) is 5.56 Å². The van der Waals surface area contributed by atoms with Crippen LogP contribution in [0, 0.1) is 11.3 Å². The van der Waals surface area contributed by atoms with Gasteiger partial charge in [0.2, 0.25) is 0 Å². The van der Waals surface area contributed by atoms with Gasteiger partial charge in [0.05, 0.1) is 17.3 Å². The van der Waals surface area contributed by atoms with Crippen molar-refractivity contribution in [3.05, 3.63) is 35.4 Å². The number of nitriles is 1. The number of carbonyl (C=O) groups is 1. The molecule has 0 atom stereocenters. The van der Waals surface area contributed by atoms with Crippen LogP contribution in [0.1, 0.15) is 18.1 Å². The van der Waals surface area contributed by atoms with Gasteiger partial charge < -0.3 is 5.73 Å². The van der Waals surface area contributed by atoms with Gasteiger partial charge in [-0.2, -0.15) is 10.4 Å². The van der Waals surface area contributed by atoms with Crippen LogP contribution in [0.15, 0.2) is 29.4 Å². The van der Waals surface area contributed by atoms with E-state index in [-0.39, 0.29) is 0 Å². The summed E-state index contributed by atoms with van der Waals surface area (Å²) in [5, 5.41) is 12.3. The van der Waals surface area contributed by atoms with Gasteiger partial charge in [0.25, 0.3) is 0 Å². The van der Waals surface area contributed by atoms with Crippen LogP contribution in [0.3, 0.4) is 0 Å². The van der Waals surface area contributed by atoms with E-state index in [2.05, 4.69) is 10.5 Å². The molecule has 0 unspecified atom stereocenters. The van der Waals surface area contributed by atoms with E-state index in [9.17, 15) is 4.79 Å². The summed E-state index contributed by atoms with van der Waals surface area (Å²) in [6.45, 7) is 1.73. The Bertz CT molecular complexity index is 428. The van der Waals surface area contributed by atoms with Crippen molar-refractivity contribution in [1.82, 2.24) is 5.43 Å². The molecule has 2 amide bonds. The van der Waals surface area contributed by atoms with Gasteiger partial charge in [0, 0.05) is 0 Å². The minimum Gasteiger partial charge on any atom is -0.350 e.